The van der Waals surface area contributed by atoms with E-state index in [4.69, 9.17) is 10.5 Å². The monoisotopic (exact) mass is 327 g/mol. The van der Waals surface area contributed by atoms with Crippen LogP contribution in [0.1, 0.15) is 78.6 Å². The molecule has 1 rings (SSSR count). The molecule has 3 unspecified atom stereocenters. The first kappa shape index (κ1) is 20.4. The van der Waals surface area contributed by atoms with Gasteiger partial charge in [-0.3, -0.25) is 4.79 Å². The fourth-order valence-electron chi connectivity index (χ4n) is 3.60. The van der Waals surface area contributed by atoms with E-state index in [0.717, 1.165) is 12.8 Å². The Kier molecular flexibility index (Phi) is 9.80. The molecule has 0 radical (unpaired) electrons. The molecule has 0 heterocycles. The van der Waals surface area contributed by atoms with Crippen LogP contribution in [0.4, 0.5) is 0 Å². The van der Waals surface area contributed by atoms with Gasteiger partial charge in [-0.2, -0.15) is 0 Å². The highest BCUT2D eigenvalue weighted by Crippen LogP contribution is 2.29. The van der Waals surface area contributed by atoms with E-state index in [1.54, 1.807) is 6.92 Å². The fraction of sp³-hybridized carbons (Fsp3) is 0.947. The Morgan fingerprint density at radius 1 is 1.26 bits per heavy atom. The Labute approximate surface area is 142 Å². The molecule has 3 N–H and O–H groups in total. The van der Waals surface area contributed by atoms with Crippen molar-refractivity contribution >= 4 is 5.97 Å². The van der Waals surface area contributed by atoms with Crippen LogP contribution in [0.3, 0.4) is 0 Å². The summed E-state index contributed by atoms with van der Waals surface area (Å²) in [6.45, 7) is 6.56. The number of carbonyl (C=O) groups excluding carboxylic acids is 1. The minimum absolute atomic E-state index is 0.127. The van der Waals surface area contributed by atoms with E-state index < -0.39 is 6.10 Å². The van der Waals surface area contributed by atoms with Crippen LogP contribution in [0.2, 0.25) is 0 Å². The van der Waals surface area contributed by atoms with Gasteiger partial charge in [0.05, 0.1) is 12.7 Å². The first-order valence-electron chi connectivity index (χ1n) is 9.53. The summed E-state index contributed by atoms with van der Waals surface area (Å²) < 4.78 is 5.18. The molecule has 1 aliphatic carbocycles. The number of ether oxygens (including phenoxy) is 1. The van der Waals surface area contributed by atoms with Crippen LogP contribution in [0.5, 0.6) is 0 Å². The molecule has 3 atom stereocenters. The summed E-state index contributed by atoms with van der Waals surface area (Å²) in [4.78, 5) is 11.2. The Morgan fingerprint density at radius 3 is 2.48 bits per heavy atom. The van der Waals surface area contributed by atoms with Gasteiger partial charge in [-0.05, 0) is 37.0 Å². The molecule has 1 saturated carbocycles. The fourth-order valence-corrected chi connectivity index (χ4v) is 3.60. The highest BCUT2D eigenvalue weighted by Gasteiger charge is 2.25. The third kappa shape index (κ3) is 8.16. The number of aliphatic hydroxyl groups is 1. The summed E-state index contributed by atoms with van der Waals surface area (Å²) in [5, 5.41) is 10.5. The topological polar surface area (TPSA) is 72.5 Å². The summed E-state index contributed by atoms with van der Waals surface area (Å²) in [7, 11) is 0. The Balaban J connectivity index is 2.36. The lowest BCUT2D eigenvalue weighted by atomic mass is 9.81. The van der Waals surface area contributed by atoms with Gasteiger partial charge < -0.3 is 15.6 Å². The number of hydrogen-bond donors (Lipinski definition) is 2. The summed E-state index contributed by atoms with van der Waals surface area (Å²) in [5.41, 5.74) is 6.26. The molecule has 1 fully saturated rings. The second-order valence-corrected chi connectivity index (χ2v) is 7.57. The summed E-state index contributed by atoms with van der Waals surface area (Å²) in [6.07, 6.45) is 8.91. The van der Waals surface area contributed by atoms with Crippen molar-refractivity contribution in [3.63, 3.8) is 0 Å². The van der Waals surface area contributed by atoms with Crippen molar-refractivity contribution in [2.45, 2.75) is 90.7 Å². The number of nitrogens with two attached hydrogens (primary N) is 1. The van der Waals surface area contributed by atoms with Crippen LogP contribution in [-0.4, -0.2) is 29.8 Å². The minimum Gasteiger partial charge on any atom is -0.466 e. The highest BCUT2D eigenvalue weighted by molar-refractivity contribution is 5.68. The third-order valence-corrected chi connectivity index (χ3v) is 5.35. The van der Waals surface area contributed by atoms with E-state index in [1.807, 2.05) is 0 Å². The minimum atomic E-state index is -0.453. The van der Waals surface area contributed by atoms with Gasteiger partial charge in [-0.1, -0.05) is 52.9 Å². The molecule has 0 bridgehead atoms. The summed E-state index contributed by atoms with van der Waals surface area (Å²) in [5.74, 6) is 1.33. The molecule has 4 heteroatoms. The predicted molar refractivity (Wildman–Crippen MR) is 94.0 cm³/mol. The maximum Gasteiger partial charge on any atom is 0.305 e. The van der Waals surface area contributed by atoms with Crippen LogP contribution in [-0.2, 0) is 9.53 Å². The van der Waals surface area contributed by atoms with Crippen molar-refractivity contribution in [3.8, 4) is 0 Å². The highest BCUT2D eigenvalue weighted by atomic mass is 16.5. The van der Waals surface area contributed by atoms with Gasteiger partial charge in [0.25, 0.3) is 0 Å². The number of carbonyl (C=O) groups is 1. The molecule has 0 spiro atoms. The van der Waals surface area contributed by atoms with Gasteiger partial charge in [0.2, 0.25) is 0 Å². The average molecular weight is 328 g/mol. The van der Waals surface area contributed by atoms with E-state index in [1.165, 1.54) is 32.1 Å². The van der Waals surface area contributed by atoms with Crippen molar-refractivity contribution in [1.82, 2.24) is 0 Å². The number of aliphatic hydroxyl groups excluding tert-OH is 1. The van der Waals surface area contributed by atoms with Gasteiger partial charge in [-0.25, -0.2) is 0 Å². The first-order chi connectivity index (χ1) is 10.9. The van der Waals surface area contributed by atoms with Gasteiger partial charge in [0, 0.05) is 12.5 Å². The molecule has 0 aromatic heterocycles. The van der Waals surface area contributed by atoms with Crippen LogP contribution < -0.4 is 5.73 Å². The zero-order valence-corrected chi connectivity index (χ0v) is 15.3. The van der Waals surface area contributed by atoms with Gasteiger partial charge in [0.1, 0.15) is 0 Å². The van der Waals surface area contributed by atoms with E-state index in [2.05, 4.69) is 13.8 Å². The molecule has 0 amide bonds. The molecule has 0 aromatic rings. The lowest BCUT2D eigenvalue weighted by Gasteiger charge is -2.30. The van der Waals surface area contributed by atoms with Gasteiger partial charge in [0.15, 0.2) is 0 Å². The maximum absolute atomic E-state index is 11.2. The molecule has 4 nitrogen and oxygen atoms in total. The largest absolute Gasteiger partial charge is 0.466 e. The molecule has 1 aliphatic rings. The normalized spacial score (nSPS) is 20.3. The predicted octanol–water partition coefficient (Wildman–Crippen LogP) is 3.65. The quantitative estimate of drug-likeness (QED) is 0.601. The zero-order valence-electron chi connectivity index (χ0n) is 15.3. The van der Waals surface area contributed by atoms with E-state index in [9.17, 15) is 9.90 Å². The SMILES string of the molecule is CCC(=O)OCCC(CC(O)C(N)CC1CCCCC1)C(C)C. The summed E-state index contributed by atoms with van der Waals surface area (Å²) >= 11 is 0. The molecular weight excluding hydrogens is 290 g/mol. The van der Waals surface area contributed by atoms with Crippen molar-refractivity contribution in [2.75, 3.05) is 6.61 Å². The standard InChI is InChI=1S/C19H37NO3/c1-4-19(22)23-11-10-16(14(2)3)13-18(21)17(20)12-15-8-6-5-7-9-15/h14-18,21H,4-13,20H2,1-3H3. The Bertz CT molecular complexity index is 327. The van der Waals surface area contributed by atoms with Gasteiger partial charge >= 0.3 is 5.97 Å². The van der Waals surface area contributed by atoms with Crippen molar-refractivity contribution in [2.24, 2.45) is 23.5 Å². The third-order valence-electron chi connectivity index (χ3n) is 5.35. The van der Waals surface area contributed by atoms with Crippen molar-refractivity contribution in [3.05, 3.63) is 0 Å². The lowest BCUT2D eigenvalue weighted by Crippen LogP contribution is -2.38. The number of rotatable bonds is 10. The molecule has 0 saturated heterocycles. The second kappa shape index (κ2) is 11.0. The van der Waals surface area contributed by atoms with Crippen LogP contribution in [0, 0.1) is 17.8 Å². The second-order valence-electron chi connectivity index (χ2n) is 7.57. The smallest absolute Gasteiger partial charge is 0.305 e. The molecule has 0 aliphatic heterocycles. The number of hydrogen-bond acceptors (Lipinski definition) is 4. The number of esters is 1. The Hall–Kier alpha value is -0.610. The van der Waals surface area contributed by atoms with Crippen molar-refractivity contribution < 1.29 is 14.6 Å². The van der Waals surface area contributed by atoms with Crippen LogP contribution in [0.15, 0.2) is 0 Å². The molecule has 0 aromatic carbocycles. The molecule has 23 heavy (non-hydrogen) atoms. The van der Waals surface area contributed by atoms with Crippen molar-refractivity contribution in [1.29, 1.82) is 0 Å². The maximum atomic E-state index is 11.2. The lowest BCUT2D eigenvalue weighted by molar-refractivity contribution is -0.143. The van der Waals surface area contributed by atoms with Crippen LogP contribution in [0.25, 0.3) is 0 Å². The van der Waals surface area contributed by atoms with E-state index >= 15 is 0 Å². The van der Waals surface area contributed by atoms with Crippen LogP contribution >= 0.6 is 0 Å². The summed E-state index contributed by atoms with van der Waals surface area (Å²) in [6, 6.07) is -0.127. The van der Waals surface area contributed by atoms with E-state index in [-0.39, 0.29) is 12.0 Å². The Morgan fingerprint density at radius 2 is 1.91 bits per heavy atom. The molecular formula is C19H37NO3. The van der Waals surface area contributed by atoms with E-state index in [0.29, 0.717) is 37.2 Å². The zero-order chi connectivity index (χ0) is 17.2. The van der Waals surface area contributed by atoms with Gasteiger partial charge in [-0.15, -0.1) is 0 Å². The molecule has 136 valence electrons. The average Bonchev–Trinajstić information content (AvgIpc) is 2.54. The first-order valence-corrected chi connectivity index (χ1v) is 9.53.